The lowest BCUT2D eigenvalue weighted by Gasteiger charge is -2.11. The molecule has 2 rings (SSSR count). The third-order valence-corrected chi connectivity index (χ3v) is 2.65. The average Bonchev–Trinajstić information content (AvgIpc) is 2.88. The van der Waals surface area contributed by atoms with Gasteiger partial charge in [-0.3, -0.25) is 0 Å². The summed E-state index contributed by atoms with van der Waals surface area (Å²) >= 11 is 0. The molecule has 0 spiro atoms. The zero-order valence-corrected chi connectivity index (χ0v) is 11.8. The van der Waals surface area contributed by atoms with E-state index in [1.54, 1.807) is 6.92 Å². The molecule has 0 unspecified atom stereocenters. The molecule has 0 fully saturated rings. The number of rotatable bonds is 7. The summed E-state index contributed by atoms with van der Waals surface area (Å²) in [5, 5.41) is 7.64. The minimum Gasteiger partial charge on any atom is -0.493 e. The van der Waals surface area contributed by atoms with Gasteiger partial charge in [0.1, 0.15) is 11.5 Å². The van der Waals surface area contributed by atoms with Gasteiger partial charge in [0.2, 0.25) is 5.89 Å². The van der Waals surface area contributed by atoms with Crippen molar-refractivity contribution < 1.29 is 13.9 Å². The molecular weight excluding hydrogens is 258 g/mol. The van der Waals surface area contributed by atoms with E-state index in [4.69, 9.17) is 19.6 Å². The van der Waals surface area contributed by atoms with E-state index in [0.29, 0.717) is 30.7 Å². The van der Waals surface area contributed by atoms with E-state index in [0.717, 1.165) is 17.7 Å². The first-order valence-corrected chi connectivity index (χ1v) is 6.60. The highest BCUT2D eigenvalue weighted by Crippen LogP contribution is 2.25. The molecule has 0 radical (unpaired) electrons. The van der Waals surface area contributed by atoms with Crippen LogP contribution in [0.1, 0.15) is 30.7 Å². The van der Waals surface area contributed by atoms with Crippen molar-refractivity contribution in [3.8, 4) is 11.5 Å². The predicted molar refractivity (Wildman–Crippen MR) is 73.5 cm³/mol. The molecule has 0 atom stereocenters. The number of aromatic nitrogens is 2. The summed E-state index contributed by atoms with van der Waals surface area (Å²) in [6.07, 6.45) is 0.954. The van der Waals surface area contributed by atoms with Crippen LogP contribution in [0.4, 0.5) is 0 Å². The maximum atomic E-state index is 5.70. The van der Waals surface area contributed by atoms with Gasteiger partial charge in [0.05, 0.1) is 6.61 Å². The number of nitrogens with two attached hydrogens (primary N) is 1. The van der Waals surface area contributed by atoms with Crippen LogP contribution in [-0.4, -0.2) is 16.8 Å². The normalized spacial score (nSPS) is 10.6. The van der Waals surface area contributed by atoms with Crippen molar-refractivity contribution in [2.75, 3.05) is 6.61 Å². The van der Waals surface area contributed by atoms with Crippen LogP contribution in [0.15, 0.2) is 22.6 Å². The van der Waals surface area contributed by atoms with Gasteiger partial charge in [0.15, 0.2) is 6.61 Å². The predicted octanol–water partition coefficient (Wildman–Crippen LogP) is 2.20. The molecule has 1 aromatic heterocycles. The molecule has 1 aromatic carbocycles. The van der Waals surface area contributed by atoms with Gasteiger partial charge >= 0.3 is 0 Å². The number of aryl methyl sites for hydroxylation is 1. The van der Waals surface area contributed by atoms with E-state index in [1.165, 1.54) is 0 Å². The number of hydrogen-bond acceptors (Lipinski definition) is 6. The fourth-order valence-electron chi connectivity index (χ4n) is 1.68. The molecule has 0 saturated carbocycles. The second-order valence-corrected chi connectivity index (χ2v) is 4.33. The molecule has 20 heavy (non-hydrogen) atoms. The Kier molecular flexibility index (Phi) is 4.95. The van der Waals surface area contributed by atoms with E-state index < -0.39 is 0 Å². The summed E-state index contributed by atoms with van der Waals surface area (Å²) in [4.78, 5) is 0. The van der Waals surface area contributed by atoms with Crippen LogP contribution >= 0.6 is 0 Å². The Labute approximate surface area is 117 Å². The van der Waals surface area contributed by atoms with Gasteiger partial charge < -0.3 is 19.6 Å². The van der Waals surface area contributed by atoms with Crippen molar-refractivity contribution in [2.24, 2.45) is 5.73 Å². The third kappa shape index (κ3) is 3.71. The topological polar surface area (TPSA) is 83.4 Å². The maximum Gasteiger partial charge on any atom is 0.253 e. The van der Waals surface area contributed by atoms with E-state index >= 15 is 0 Å². The summed E-state index contributed by atoms with van der Waals surface area (Å²) in [5.41, 5.74) is 6.61. The van der Waals surface area contributed by atoms with Crippen molar-refractivity contribution in [3.63, 3.8) is 0 Å². The number of ether oxygens (including phenoxy) is 2. The standard InChI is InChI=1S/C14H19N3O3/c1-3-6-18-12-5-4-11(8-15)13(7-12)19-9-14-17-16-10(2)20-14/h4-5,7H,3,6,8-9,15H2,1-2H3. The first kappa shape index (κ1) is 14.3. The summed E-state index contributed by atoms with van der Waals surface area (Å²) < 4.78 is 16.5. The molecule has 108 valence electrons. The van der Waals surface area contributed by atoms with Gasteiger partial charge in [-0.1, -0.05) is 13.0 Å². The van der Waals surface area contributed by atoms with Crippen LogP contribution in [0.2, 0.25) is 0 Å². The van der Waals surface area contributed by atoms with Gasteiger partial charge in [0, 0.05) is 25.1 Å². The minimum atomic E-state index is 0.213. The highest BCUT2D eigenvalue weighted by atomic mass is 16.5. The SMILES string of the molecule is CCCOc1ccc(CN)c(OCc2nnc(C)o2)c1. The zero-order chi connectivity index (χ0) is 14.4. The van der Waals surface area contributed by atoms with Crippen molar-refractivity contribution in [2.45, 2.75) is 33.4 Å². The Hall–Kier alpha value is -2.08. The third-order valence-electron chi connectivity index (χ3n) is 2.65. The molecule has 1 heterocycles. The summed E-state index contributed by atoms with van der Waals surface area (Å²) in [6.45, 7) is 5.08. The molecule has 0 aliphatic heterocycles. The van der Waals surface area contributed by atoms with Crippen molar-refractivity contribution in [3.05, 3.63) is 35.5 Å². The summed E-state index contributed by atoms with van der Waals surface area (Å²) in [6, 6.07) is 5.63. The second-order valence-electron chi connectivity index (χ2n) is 4.33. The fraction of sp³-hybridized carbons (Fsp3) is 0.429. The highest BCUT2D eigenvalue weighted by molar-refractivity contribution is 5.40. The van der Waals surface area contributed by atoms with Crippen LogP contribution in [0.3, 0.4) is 0 Å². The van der Waals surface area contributed by atoms with Crippen molar-refractivity contribution in [1.29, 1.82) is 0 Å². The Morgan fingerprint density at radius 3 is 2.75 bits per heavy atom. The van der Waals surface area contributed by atoms with Gasteiger partial charge in [-0.25, -0.2) is 0 Å². The van der Waals surface area contributed by atoms with Crippen LogP contribution in [0.25, 0.3) is 0 Å². The molecule has 0 aliphatic rings. The first-order chi connectivity index (χ1) is 9.72. The first-order valence-electron chi connectivity index (χ1n) is 6.60. The van der Waals surface area contributed by atoms with Crippen LogP contribution in [0.5, 0.6) is 11.5 Å². The molecule has 2 N–H and O–H groups in total. The molecule has 0 aliphatic carbocycles. The maximum absolute atomic E-state index is 5.70. The van der Waals surface area contributed by atoms with Gasteiger partial charge in [0.25, 0.3) is 5.89 Å². The Morgan fingerprint density at radius 1 is 1.25 bits per heavy atom. The smallest absolute Gasteiger partial charge is 0.253 e. The van der Waals surface area contributed by atoms with Crippen LogP contribution in [0, 0.1) is 6.92 Å². The molecule has 2 aromatic rings. The molecular formula is C14H19N3O3. The molecule has 6 nitrogen and oxygen atoms in total. The molecule has 6 heteroatoms. The van der Waals surface area contributed by atoms with E-state index in [-0.39, 0.29) is 6.61 Å². The lowest BCUT2D eigenvalue weighted by Crippen LogP contribution is -2.04. The van der Waals surface area contributed by atoms with Gasteiger partial charge in [-0.05, 0) is 12.5 Å². The summed E-state index contributed by atoms with van der Waals surface area (Å²) in [5.74, 6) is 2.39. The monoisotopic (exact) mass is 277 g/mol. The lowest BCUT2D eigenvalue weighted by atomic mass is 10.2. The van der Waals surface area contributed by atoms with Crippen molar-refractivity contribution >= 4 is 0 Å². The Bertz CT molecular complexity index is 554. The number of benzene rings is 1. The average molecular weight is 277 g/mol. The lowest BCUT2D eigenvalue weighted by molar-refractivity contribution is 0.255. The zero-order valence-electron chi connectivity index (χ0n) is 11.8. The van der Waals surface area contributed by atoms with Gasteiger partial charge in [-0.2, -0.15) is 0 Å². The molecule has 0 saturated heterocycles. The highest BCUT2D eigenvalue weighted by Gasteiger charge is 2.08. The van der Waals surface area contributed by atoms with Crippen LogP contribution in [-0.2, 0) is 13.2 Å². The fourth-order valence-corrected chi connectivity index (χ4v) is 1.68. The molecule has 0 bridgehead atoms. The molecule has 0 amide bonds. The van der Waals surface area contributed by atoms with E-state index in [9.17, 15) is 0 Å². The number of nitrogens with zero attached hydrogens (tertiary/aromatic N) is 2. The van der Waals surface area contributed by atoms with Gasteiger partial charge in [-0.15, -0.1) is 10.2 Å². The number of hydrogen-bond donors (Lipinski definition) is 1. The summed E-state index contributed by atoms with van der Waals surface area (Å²) in [7, 11) is 0. The Morgan fingerprint density at radius 2 is 2.10 bits per heavy atom. The largest absolute Gasteiger partial charge is 0.493 e. The Balaban J connectivity index is 2.07. The van der Waals surface area contributed by atoms with Crippen molar-refractivity contribution in [1.82, 2.24) is 10.2 Å². The van der Waals surface area contributed by atoms with Crippen LogP contribution < -0.4 is 15.2 Å². The van der Waals surface area contributed by atoms with E-state index in [2.05, 4.69) is 17.1 Å². The quantitative estimate of drug-likeness (QED) is 0.835. The van der Waals surface area contributed by atoms with E-state index in [1.807, 2.05) is 18.2 Å². The minimum absolute atomic E-state index is 0.213. The second kappa shape index (κ2) is 6.91.